The normalized spacial score (nSPS) is 24.2. The van der Waals surface area contributed by atoms with E-state index >= 15 is 0 Å². The van der Waals surface area contributed by atoms with E-state index in [0.717, 1.165) is 56.7 Å². The van der Waals surface area contributed by atoms with Crippen molar-refractivity contribution in [3.8, 4) is 11.8 Å². The lowest BCUT2D eigenvalue weighted by Gasteiger charge is -2.38. The summed E-state index contributed by atoms with van der Waals surface area (Å²) < 4.78 is 21.6. The van der Waals surface area contributed by atoms with Crippen LogP contribution in [0.1, 0.15) is 43.8 Å². The number of ether oxygens (including phenoxy) is 1. The van der Waals surface area contributed by atoms with Gasteiger partial charge in [-0.1, -0.05) is 11.6 Å². The number of fused-ring (bicyclic) bond motifs is 2. The molecule has 1 aliphatic heterocycles. The molecule has 0 unspecified atom stereocenters. The number of aryl methyl sites for hydroxylation is 1. The van der Waals surface area contributed by atoms with Gasteiger partial charge in [-0.3, -0.25) is 0 Å². The molecule has 8 nitrogen and oxygen atoms in total. The molecule has 3 fully saturated rings. The van der Waals surface area contributed by atoms with Crippen molar-refractivity contribution < 1.29 is 9.13 Å². The van der Waals surface area contributed by atoms with E-state index in [1.54, 1.807) is 12.4 Å². The van der Waals surface area contributed by atoms with Gasteiger partial charge >= 0.3 is 6.01 Å². The van der Waals surface area contributed by atoms with Gasteiger partial charge in [-0.15, -0.1) is 5.10 Å². The van der Waals surface area contributed by atoms with E-state index in [1.807, 2.05) is 11.6 Å². The molecular weight excluding hydrogens is 457 g/mol. The molecule has 3 aliphatic rings. The van der Waals surface area contributed by atoms with Crippen molar-refractivity contribution in [2.24, 2.45) is 11.8 Å². The first-order chi connectivity index (χ1) is 16.5. The Hall–Kier alpha value is -2.94. The second-order valence-corrected chi connectivity index (χ2v) is 10.1. The Morgan fingerprint density at radius 3 is 2.53 bits per heavy atom. The van der Waals surface area contributed by atoms with E-state index in [9.17, 15) is 4.39 Å². The summed E-state index contributed by atoms with van der Waals surface area (Å²) in [5.74, 6) is 2.40. The van der Waals surface area contributed by atoms with Crippen LogP contribution in [0.5, 0.6) is 11.8 Å². The highest BCUT2D eigenvalue weighted by atomic mass is 35.5. The maximum Gasteiger partial charge on any atom is 0.322 e. The highest BCUT2D eigenvalue weighted by Crippen LogP contribution is 2.41. The van der Waals surface area contributed by atoms with Crippen LogP contribution in [0, 0.1) is 24.6 Å². The van der Waals surface area contributed by atoms with Gasteiger partial charge < -0.3 is 15.0 Å². The molecular formula is C24H27ClFN7O. The maximum atomic E-state index is 13.8. The summed E-state index contributed by atoms with van der Waals surface area (Å²) >= 11 is 6.01. The molecule has 6 rings (SSSR count). The van der Waals surface area contributed by atoms with Crippen molar-refractivity contribution in [3.05, 3.63) is 47.1 Å². The standard InChI is InChI=1S/C24H27ClFN7O/c1-14-7-21(28-13-27-14)32-11-15-5-6-16(12-32)22(15)29-23-30-24(33(31-23)19-3-2-4-19)34-20-9-17(25)8-18(26)10-20/h7-10,13,15-16,19,22H,2-6,11-12H2,1H3,(H,29,31)/t15-,16+,22+. The van der Waals surface area contributed by atoms with Crippen LogP contribution in [-0.2, 0) is 0 Å². The summed E-state index contributed by atoms with van der Waals surface area (Å²) in [6.45, 7) is 3.88. The zero-order valence-corrected chi connectivity index (χ0v) is 19.7. The van der Waals surface area contributed by atoms with E-state index in [1.165, 1.54) is 12.1 Å². The van der Waals surface area contributed by atoms with Gasteiger partial charge in [0.15, 0.2) is 0 Å². The lowest BCUT2D eigenvalue weighted by atomic mass is 9.92. The third kappa shape index (κ3) is 4.17. The second-order valence-electron chi connectivity index (χ2n) is 9.64. The minimum Gasteiger partial charge on any atom is -0.424 e. The van der Waals surface area contributed by atoms with Gasteiger partial charge in [-0.25, -0.2) is 19.0 Å². The van der Waals surface area contributed by atoms with Crippen LogP contribution in [0.15, 0.2) is 30.6 Å². The number of hydrogen-bond acceptors (Lipinski definition) is 7. The lowest BCUT2D eigenvalue weighted by molar-refractivity contribution is 0.258. The summed E-state index contributed by atoms with van der Waals surface area (Å²) in [5.41, 5.74) is 0.982. The Morgan fingerprint density at radius 1 is 1.06 bits per heavy atom. The molecule has 2 saturated carbocycles. The molecule has 10 heteroatoms. The fraction of sp³-hybridized carbons (Fsp3) is 0.500. The molecule has 0 radical (unpaired) electrons. The van der Waals surface area contributed by atoms with Crippen molar-refractivity contribution in [1.29, 1.82) is 0 Å². The van der Waals surface area contributed by atoms with Crippen LogP contribution in [0.3, 0.4) is 0 Å². The predicted molar refractivity (Wildman–Crippen MR) is 127 cm³/mol. The summed E-state index contributed by atoms with van der Waals surface area (Å²) in [4.78, 5) is 15.8. The van der Waals surface area contributed by atoms with E-state index < -0.39 is 5.82 Å². The highest BCUT2D eigenvalue weighted by Gasteiger charge is 2.43. The van der Waals surface area contributed by atoms with Gasteiger partial charge in [0.25, 0.3) is 0 Å². The predicted octanol–water partition coefficient (Wildman–Crippen LogP) is 5.01. The Morgan fingerprint density at radius 2 is 1.85 bits per heavy atom. The molecule has 34 heavy (non-hydrogen) atoms. The van der Waals surface area contributed by atoms with E-state index in [0.29, 0.717) is 35.6 Å². The fourth-order valence-electron chi connectivity index (χ4n) is 5.41. The van der Waals surface area contributed by atoms with Gasteiger partial charge in [0, 0.05) is 42.0 Å². The topological polar surface area (TPSA) is 81.0 Å². The summed E-state index contributed by atoms with van der Waals surface area (Å²) in [7, 11) is 0. The van der Waals surface area contributed by atoms with Crippen molar-refractivity contribution in [2.75, 3.05) is 23.3 Å². The summed E-state index contributed by atoms with van der Waals surface area (Å²) in [5, 5.41) is 8.66. The Bertz CT molecular complexity index is 1170. The van der Waals surface area contributed by atoms with E-state index in [4.69, 9.17) is 21.4 Å². The largest absolute Gasteiger partial charge is 0.424 e. The van der Waals surface area contributed by atoms with Crippen LogP contribution in [0.25, 0.3) is 0 Å². The van der Waals surface area contributed by atoms with Gasteiger partial charge in [-0.2, -0.15) is 4.98 Å². The van der Waals surface area contributed by atoms with Gasteiger partial charge in [0.2, 0.25) is 5.95 Å². The highest BCUT2D eigenvalue weighted by molar-refractivity contribution is 6.30. The van der Waals surface area contributed by atoms with Gasteiger partial charge in [-0.05, 0) is 63.0 Å². The SMILES string of the molecule is Cc1cc(N2C[C@H]3CC[C@@H](C2)[C@H]3Nc2nc(Oc3cc(F)cc(Cl)c3)n(C3CCC3)n2)ncn1. The number of nitrogens with zero attached hydrogens (tertiary/aromatic N) is 6. The smallest absolute Gasteiger partial charge is 0.322 e. The molecule has 1 N–H and O–H groups in total. The molecule has 1 aromatic carbocycles. The molecule has 2 aromatic heterocycles. The Balaban J connectivity index is 1.21. The number of rotatable bonds is 6. The minimum absolute atomic E-state index is 0.252. The van der Waals surface area contributed by atoms with Crippen molar-refractivity contribution >= 4 is 23.4 Å². The molecule has 1 saturated heterocycles. The first-order valence-electron chi connectivity index (χ1n) is 11.9. The average Bonchev–Trinajstić information content (AvgIpc) is 3.21. The van der Waals surface area contributed by atoms with Crippen LogP contribution in [-0.4, -0.2) is 43.9 Å². The number of aromatic nitrogens is 5. The Labute approximate surface area is 202 Å². The molecule has 3 atom stereocenters. The monoisotopic (exact) mass is 483 g/mol. The number of hydrogen-bond donors (Lipinski definition) is 1. The molecule has 178 valence electrons. The zero-order valence-electron chi connectivity index (χ0n) is 19.0. The van der Waals surface area contributed by atoms with E-state index in [-0.39, 0.29) is 11.1 Å². The molecule has 0 spiro atoms. The fourth-order valence-corrected chi connectivity index (χ4v) is 5.62. The third-order valence-electron chi connectivity index (χ3n) is 7.31. The zero-order chi connectivity index (χ0) is 23.2. The molecule has 2 aliphatic carbocycles. The van der Waals surface area contributed by atoms with E-state index in [2.05, 4.69) is 31.2 Å². The maximum absolute atomic E-state index is 13.8. The third-order valence-corrected chi connectivity index (χ3v) is 7.53. The number of halogens is 2. The lowest BCUT2D eigenvalue weighted by Crippen LogP contribution is -2.48. The molecule has 0 amide bonds. The first-order valence-corrected chi connectivity index (χ1v) is 12.3. The van der Waals surface area contributed by atoms with Crippen molar-refractivity contribution in [3.63, 3.8) is 0 Å². The Kier molecular flexibility index (Phi) is 5.51. The quantitative estimate of drug-likeness (QED) is 0.527. The molecule has 3 aromatic rings. The average molecular weight is 484 g/mol. The van der Waals surface area contributed by atoms with Crippen LogP contribution in [0.4, 0.5) is 16.2 Å². The minimum atomic E-state index is -0.447. The van der Waals surface area contributed by atoms with Crippen LogP contribution in [0.2, 0.25) is 5.02 Å². The number of anilines is 2. The second kappa shape index (κ2) is 8.69. The van der Waals surface area contributed by atoms with Crippen molar-refractivity contribution in [1.82, 2.24) is 24.7 Å². The molecule has 2 bridgehead atoms. The van der Waals surface area contributed by atoms with Crippen LogP contribution < -0.4 is 15.0 Å². The summed E-state index contributed by atoms with van der Waals surface area (Å²) in [6.07, 6.45) is 7.19. The summed E-state index contributed by atoms with van der Waals surface area (Å²) in [6, 6.07) is 7.12. The molecule has 3 heterocycles. The van der Waals surface area contributed by atoms with Gasteiger partial charge in [0.1, 0.15) is 23.7 Å². The van der Waals surface area contributed by atoms with Crippen LogP contribution >= 0.6 is 11.6 Å². The van der Waals surface area contributed by atoms with Crippen molar-refractivity contribution in [2.45, 2.75) is 51.1 Å². The number of nitrogens with one attached hydrogen (secondary N) is 1. The van der Waals surface area contributed by atoms with Gasteiger partial charge in [0.05, 0.1) is 6.04 Å². The number of piperidine rings is 1. The first kappa shape index (κ1) is 21.6. The number of benzene rings is 1.